The highest BCUT2D eigenvalue weighted by atomic mass is 16.5. The first-order valence-corrected chi connectivity index (χ1v) is 11.8. The Morgan fingerprint density at radius 3 is 2.11 bits per heavy atom. The summed E-state index contributed by atoms with van der Waals surface area (Å²) in [5.74, 6) is 0. The zero-order valence-electron chi connectivity index (χ0n) is 20.3. The number of aliphatic hydroxyl groups is 1. The zero-order chi connectivity index (χ0) is 24.4. The predicted molar refractivity (Wildman–Crippen MR) is 143 cm³/mol. The highest BCUT2D eigenvalue weighted by Gasteiger charge is 2.36. The molecule has 6 aromatic rings. The van der Waals surface area contributed by atoms with E-state index in [-0.39, 0.29) is 0 Å². The van der Waals surface area contributed by atoms with Gasteiger partial charge in [-0.25, -0.2) is 0 Å². The second kappa shape index (κ2) is 7.74. The van der Waals surface area contributed by atoms with Gasteiger partial charge in [0.25, 0.3) is 0 Å². The molecule has 4 nitrogen and oxygen atoms in total. The lowest BCUT2D eigenvalue weighted by Crippen LogP contribution is -2.49. The van der Waals surface area contributed by atoms with Gasteiger partial charge in [-0.3, -0.25) is 0 Å². The van der Waals surface area contributed by atoms with Crippen molar-refractivity contribution in [3.8, 4) is 11.1 Å². The molecule has 0 aliphatic heterocycles. The minimum atomic E-state index is -1.01. The van der Waals surface area contributed by atoms with Crippen molar-refractivity contribution in [1.29, 1.82) is 0 Å². The van der Waals surface area contributed by atoms with Crippen molar-refractivity contribution < 1.29 is 18.6 Å². The molecule has 1 N–H and O–H groups in total. The van der Waals surface area contributed by atoms with Crippen LogP contribution in [0.4, 0.5) is 0 Å². The SMILES string of the molecule is CC(C)(O)C(C)(C)O[B]c1ccc(-c2ccc3oc4ccccc4c3c2)c2oc3ccccc3c12. The summed E-state index contributed by atoms with van der Waals surface area (Å²) in [6, 6.07) is 26.5. The molecule has 0 saturated heterocycles. The number of para-hydroxylation sites is 2. The van der Waals surface area contributed by atoms with E-state index in [9.17, 15) is 5.11 Å². The van der Waals surface area contributed by atoms with Gasteiger partial charge in [-0.15, -0.1) is 0 Å². The maximum Gasteiger partial charge on any atom is 0.331 e. The van der Waals surface area contributed by atoms with Gasteiger partial charge in [-0.2, -0.15) is 0 Å². The standard InChI is InChI=1S/C30H26BO4/c1-29(2,32)30(3,4)35-31-23-15-14-19(28-27(23)21-10-6-8-12-25(21)34-28)18-13-16-26-22(17-18)20-9-5-7-11-24(20)33-26/h5-17,32H,1-4H3. The van der Waals surface area contributed by atoms with E-state index in [4.69, 9.17) is 13.5 Å². The van der Waals surface area contributed by atoms with Crippen molar-refractivity contribution in [2.45, 2.75) is 38.9 Å². The molecule has 0 fully saturated rings. The molecule has 0 bridgehead atoms. The van der Waals surface area contributed by atoms with Crippen LogP contribution in [0.25, 0.3) is 55.0 Å². The van der Waals surface area contributed by atoms with Crippen LogP contribution in [-0.4, -0.2) is 23.8 Å². The fourth-order valence-electron chi connectivity index (χ4n) is 4.43. The molecule has 0 amide bonds. The summed E-state index contributed by atoms with van der Waals surface area (Å²) in [7, 11) is 1.73. The van der Waals surface area contributed by atoms with Crippen LogP contribution in [0.3, 0.4) is 0 Å². The minimum absolute atomic E-state index is 0.773. The summed E-state index contributed by atoms with van der Waals surface area (Å²) >= 11 is 0. The average Bonchev–Trinajstić information content (AvgIpc) is 3.40. The zero-order valence-corrected chi connectivity index (χ0v) is 20.3. The molecule has 0 saturated carbocycles. The maximum absolute atomic E-state index is 10.5. The average molecular weight is 461 g/mol. The second-order valence-electron chi connectivity index (χ2n) is 10.1. The minimum Gasteiger partial charge on any atom is -0.456 e. The third-order valence-electron chi connectivity index (χ3n) is 7.20. The van der Waals surface area contributed by atoms with E-state index >= 15 is 0 Å². The largest absolute Gasteiger partial charge is 0.456 e. The van der Waals surface area contributed by atoms with E-state index in [0.29, 0.717) is 0 Å². The van der Waals surface area contributed by atoms with Gasteiger partial charge in [0.1, 0.15) is 22.3 Å². The lowest BCUT2D eigenvalue weighted by molar-refractivity contribution is -0.0893. The summed E-state index contributed by atoms with van der Waals surface area (Å²) in [5.41, 5.74) is 4.54. The van der Waals surface area contributed by atoms with Crippen LogP contribution in [0.5, 0.6) is 0 Å². The van der Waals surface area contributed by atoms with E-state index in [2.05, 4.69) is 36.4 Å². The third-order valence-corrected chi connectivity index (χ3v) is 7.20. The van der Waals surface area contributed by atoms with E-state index in [0.717, 1.165) is 60.5 Å². The summed E-state index contributed by atoms with van der Waals surface area (Å²) in [6.07, 6.45) is 0. The molecule has 4 aromatic carbocycles. The quantitative estimate of drug-likeness (QED) is 0.282. The lowest BCUT2D eigenvalue weighted by Gasteiger charge is -2.37. The molecule has 0 unspecified atom stereocenters. The number of furan rings is 2. The van der Waals surface area contributed by atoms with Crippen molar-refractivity contribution in [2.75, 3.05) is 0 Å². The van der Waals surface area contributed by atoms with E-state index in [1.807, 2.05) is 56.3 Å². The smallest absolute Gasteiger partial charge is 0.331 e. The van der Waals surface area contributed by atoms with Gasteiger partial charge in [0.15, 0.2) is 0 Å². The Hall–Kier alpha value is -3.54. The van der Waals surface area contributed by atoms with Crippen molar-refractivity contribution in [1.82, 2.24) is 0 Å². The Morgan fingerprint density at radius 1 is 0.714 bits per heavy atom. The molecule has 5 heteroatoms. The fraction of sp³-hybridized carbons (Fsp3) is 0.200. The summed E-state index contributed by atoms with van der Waals surface area (Å²) in [5, 5.41) is 14.7. The Kier molecular flexibility index (Phi) is 4.86. The first-order valence-electron chi connectivity index (χ1n) is 11.8. The summed E-state index contributed by atoms with van der Waals surface area (Å²) < 4.78 is 18.6. The number of fused-ring (bicyclic) bond motifs is 6. The molecule has 2 heterocycles. The van der Waals surface area contributed by atoms with Gasteiger partial charge in [0.2, 0.25) is 0 Å². The van der Waals surface area contributed by atoms with E-state index < -0.39 is 11.2 Å². The van der Waals surface area contributed by atoms with E-state index in [1.165, 1.54) is 0 Å². The summed E-state index contributed by atoms with van der Waals surface area (Å²) in [4.78, 5) is 0. The van der Waals surface area contributed by atoms with E-state index in [1.54, 1.807) is 21.3 Å². The monoisotopic (exact) mass is 461 g/mol. The first kappa shape index (κ1) is 22.0. The second-order valence-corrected chi connectivity index (χ2v) is 10.1. The maximum atomic E-state index is 10.5. The van der Waals surface area contributed by atoms with Gasteiger partial charge in [0, 0.05) is 27.1 Å². The molecule has 0 spiro atoms. The van der Waals surface area contributed by atoms with Gasteiger partial charge >= 0.3 is 7.48 Å². The van der Waals surface area contributed by atoms with Crippen molar-refractivity contribution >= 4 is 56.8 Å². The first-order chi connectivity index (χ1) is 16.7. The molecular weight excluding hydrogens is 435 g/mol. The highest BCUT2D eigenvalue weighted by Crippen LogP contribution is 2.38. The Balaban J connectivity index is 1.53. The lowest BCUT2D eigenvalue weighted by atomic mass is 9.79. The highest BCUT2D eigenvalue weighted by molar-refractivity contribution is 6.53. The van der Waals surface area contributed by atoms with Crippen LogP contribution in [0.1, 0.15) is 27.7 Å². The van der Waals surface area contributed by atoms with Crippen LogP contribution in [-0.2, 0) is 4.65 Å². The van der Waals surface area contributed by atoms with Gasteiger partial charge in [0.05, 0.1) is 11.2 Å². The van der Waals surface area contributed by atoms with Crippen LogP contribution >= 0.6 is 0 Å². The molecule has 0 aliphatic carbocycles. The molecule has 0 aliphatic rings. The van der Waals surface area contributed by atoms with Crippen LogP contribution in [0.15, 0.2) is 87.7 Å². The number of hydrogen-bond acceptors (Lipinski definition) is 4. The van der Waals surface area contributed by atoms with Gasteiger partial charge in [-0.05, 0) is 63.0 Å². The fourth-order valence-corrected chi connectivity index (χ4v) is 4.43. The normalized spacial score (nSPS) is 12.8. The molecule has 6 rings (SSSR count). The third kappa shape index (κ3) is 3.54. The predicted octanol–water partition coefficient (Wildman–Crippen LogP) is 6.96. The van der Waals surface area contributed by atoms with Crippen LogP contribution in [0.2, 0.25) is 0 Å². The van der Waals surface area contributed by atoms with Gasteiger partial charge < -0.3 is 18.6 Å². The molecule has 35 heavy (non-hydrogen) atoms. The van der Waals surface area contributed by atoms with Crippen LogP contribution < -0.4 is 5.46 Å². The molecule has 173 valence electrons. The van der Waals surface area contributed by atoms with Crippen molar-refractivity contribution in [3.05, 3.63) is 78.9 Å². The van der Waals surface area contributed by atoms with Crippen LogP contribution in [0, 0.1) is 0 Å². The number of rotatable bonds is 5. The summed E-state index contributed by atoms with van der Waals surface area (Å²) in [6.45, 7) is 7.27. The number of hydrogen-bond donors (Lipinski definition) is 1. The molecule has 2 aromatic heterocycles. The van der Waals surface area contributed by atoms with Crippen molar-refractivity contribution in [3.63, 3.8) is 0 Å². The molecule has 0 atom stereocenters. The Bertz CT molecular complexity index is 1720. The Labute approximate surface area is 204 Å². The van der Waals surface area contributed by atoms with Gasteiger partial charge in [-0.1, -0.05) is 54.6 Å². The molecular formula is C30H26BO4. The topological polar surface area (TPSA) is 55.7 Å². The Morgan fingerprint density at radius 2 is 1.37 bits per heavy atom. The number of benzene rings is 4. The van der Waals surface area contributed by atoms with Crippen molar-refractivity contribution in [2.24, 2.45) is 0 Å². The molecule has 1 radical (unpaired) electrons.